The molecule has 2 fully saturated rings. The monoisotopic (exact) mass is 436 g/mol. The fourth-order valence-corrected chi connectivity index (χ4v) is 5.61. The number of fused-ring (bicyclic) bond motifs is 1. The van der Waals surface area contributed by atoms with E-state index in [-0.39, 0.29) is 29.8 Å². The Balaban J connectivity index is 1.27. The lowest BCUT2D eigenvalue weighted by Gasteiger charge is -2.39. The Hall–Kier alpha value is -3.16. The van der Waals surface area contributed by atoms with Crippen LogP contribution in [0.15, 0.2) is 28.8 Å². The second-order valence-corrected chi connectivity index (χ2v) is 9.40. The molecule has 0 saturated carbocycles. The minimum atomic E-state index is -0.940. The van der Waals surface area contributed by atoms with Gasteiger partial charge in [-0.3, -0.25) is 14.5 Å². The SMILES string of the molecule is Cc1noc(C)c1C(=O)N1CCC([C@@]2(C)NC(=O)N(C3Cc4ccccc4C3)C2=O)CC1. The first-order chi connectivity index (χ1) is 15.3. The molecule has 0 spiro atoms. The summed E-state index contributed by atoms with van der Waals surface area (Å²) in [5.74, 6) is 0.266. The number of amides is 4. The summed E-state index contributed by atoms with van der Waals surface area (Å²) in [6, 6.07) is 7.69. The zero-order valence-corrected chi connectivity index (χ0v) is 18.7. The highest BCUT2D eigenvalue weighted by molar-refractivity contribution is 6.07. The lowest BCUT2D eigenvalue weighted by atomic mass is 9.78. The first-order valence-electron chi connectivity index (χ1n) is 11.2. The van der Waals surface area contributed by atoms with Gasteiger partial charge < -0.3 is 14.7 Å². The van der Waals surface area contributed by atoms with Crippen molar-refractivity contribution in [1.82, 2.24) is 20.3 Å². The van der Waals surface area contributed by atoms with E-state index in [1.807, 2.05) is 19.1 Å². The number of rotatable bonds is 3. The van der Waals surface area contributed by atoms with Crippen molar-refractivity contribution in [2.75, 3.05) is 13.1 Å². The molecule has 8 heteroatoms. The summed E-state index contributed by atoms with van der Waals surface area (Å²) in [6.45, 7) is 6.40. The number of piperidine rings is 1. The molecule has 2 saturated heterocycles. The molecule has 2 aliphatic heterocycles. The van der Waals surface area contributed by atoms with Crippen molar-refractivity contribution in [2.24, 2.45) is 5.92 Å². The Labute approximate surface area is 186 Å². The number of imide groups is 1. The van der Waals surface area contributed by atoms with Crippen molar-refractivity contribution in [2.45, 2.75) is 58.0 Å². The van der Waals surface area contributed by atoms with Crippen LogP contribution >= 0.6 is 0 Å². The van der Waals surface area contributed by atoms with E-state index in [1.54, 1.807) is 18.7 Å². The Kier molecular flexibility index (Phi) is 4.83. The molecule has 168 valence electrons. The van der Waals surface area contributed by atoms with E-state index in [1.165, 1.54) is 16.0 Å². The molecule has 32 heavy (non-hydrogen) atoms. The highest BCUT2D eigenvalue weighted by Crippen LogP contribution is 2.37. The summed E-state index contributed by atoms with van der Waals surface area (Å²) in [4.78, 5) is 42.6. The maximum atomic E-state index is 13.5. The van der Waals surface area contributed by atoms with Crippen molar-refractivity contribution in [3.63, 3.8) is 0 Å². The molecule has 0 radical (unpaired) electrons. The average Bonchev–Trinajstić information content (AvgIpc) is 3.41. The molecule has 5 rings (SSSR count). The van der Waals surface area contributed by atoms with E-state index in [0.717, 1.165) is 0 Å². The van der Waals surface area contributed by atoms with Crippen molar-refractivity contribution in [3.05, 3.63) is 52.4 Å². The van der Waals surface area contributed by atoms with Gasteiger partial charge in [-0.05, 0) is 63.5 Å². The van der Waals surface area contributed by atoms with Gasteiger partial charge in [-0.1, -0.05) is 29.4 Å². The number of hydrogen-bond acceptors (Lipinski definition) is 5. The van der Waals surface area contributed by atoms with Crippen LogP contribution in [0.4, 0.5) is 4.79 Å². The molecule has 1 aliphatic carbocycles. The summed E-state index contributed by atoms with van der Waals surface area (Å²) < 4.78 is 5.14. The number of benzene rings is 1. The summed E-state index contributed by atoms with van der Waals surface area (Å²) in [6.07, 6.45) is 2.71. The van der Waals surface area contributed by atoms with Crippen LogP contribution in [0.25, 0.3) is 0 Å². The molecule has 1 aromatic carbocycles. The van der Waals surface area contributed by atoms with Crippen molar-refractivity contribution in [1.29, 1.82) is 0 Å². The number of hydrogen-bond donors (Lipinski definition) is 1. The summed E-state index contributed by atoms with van der Waals surface area (Å²) in [7, 11) is 0. The van der Waals surface area contributed by atoms with Crippen LogP contribution in [-0.4, -0.2) is 57.5 Å². The van der Waals surface area contributed by atoms with E-state index >= 15 is 0 Å². The van der Waals surface area contributed by atoms with Gasteiger partial charge in [0.05, 0.1) is 5.69 Å². The third kappa shape index (κ3) is 3.12. The minimum absolute atomic E-state index is 0.0264. The van der Waals surface area contributed by atoms with Gasteiger partial charge in [0.25, 0.3) is 11.8 Å². The number of carbonyl (C=O) groups excluding carboxylic acids is 3. The number of nitrogens with one attached hydrogen (secondary N) is 1. The maximum Gasteiger partial charge on any atom is 0.325 e. The van der Waals surface area contributed by atoms with Gasteiger partial charge in [-0.2, -0.15) is 0 Å². The zero-order valence-electron chi connectivity index (χ0n) is 18.7. The molecular formula is C24H28N4O4. The summed E-state index contributed by atoms with van der Waals surface area (Å²) in [5.41, 5.74) is 2.58. The number of aromatic nitrogens is 1. The van der Waals surface area contributed by atoms with Gasteiger partial charge >= 0.3 is 6.03 Å². The fraction of sp³-hybridized carbons (Fsp3) is 0.500. The first-order valence-corrected chi connectivity index (χ1v) is 11.2. The predicted octanol–water partition coefficient (Wildman–Crippen LogP) is 2.62. The Morgan fingerprint density at radius 2 is 1.75 bits per heavy atom. The Bertz CT molecular complexity index is 1060. The molecule has 2 aromatic rings. The third-order valence-corrected chi connectivity index (χ3v) is 7.49. The molecular weight excluding hydrogens is 408 g/mol. The topological polar surface area (TPSA) is 95.8 Å². The van der Waals surface area contributed by atoms with Crippen LogP contribution in [0, 0.1) is 19.8 Å². The molecule has 3 heterocycles. The lowest BCUT2D eigenvalue weighted by molar-refractivity contribution is -0.134. The molecule has 1 N–H and O–H groups in total. The van der Waals surface area contributed by atoms with Gasteiger partial charge in [0, 0.05) is 19.1 Å². The van der Waals surface area contributed by atoms with Crippen LogP contribution in [-0.2, 0) is 17.6 Å². The molecule has 0 unspecified atom stereocenters. The Morgan fingerprint density at radius 3 is 2.31 bits per heavy atom. The van der Waals surface area contributed by atoms with Gasteiger partial charge in [0.1, 0.15) is 16.9 Å². The second kappa shape index (κ2) is 7.46. The zero-order chi connectivity index (χ0) is 22.6. The van der Waals surface area contributed by atoms with E-state index in [9.17, 15) is 14.4 Å². The number of nitrogens with zero attached hydrogens (tertiary/aromatic N) is 3. The first kappa shape index (κ1) is 20.7. The molecule has 3 aliphatic rings. The molecule has 1 aromatic heterocycles. The van der Waals surface area contributed by atoms with Crippen LogP contribution < -0.4 is 5.32 Å². The highest BCUT2D eigenvalue weighted by atomic mass is 16.5. The highest BCUT2D eigenvalue weighted by Gasteiger charge is 2.55. The fourth-order valence-electron chi connectivity index (χ4n) is 5.61. The summed E-state index contributed by atoms with van der Waals surface area (Å²) >= 11 is 0. The molecule has 4 amide bonds. The quantitative estimate of drug-likeness (QED) is 0.747. The number of carbonyl (C=O) groups is 3. The van der Waals surface area contributed by atoms with Crippen LogP contribution in [0.2, 0.25) is 0 Å². The molecule has 0 bridgehead atoms. The minimum Gasteiger partial charge on any atom is -0.361 e. The van der Waals surface area contributed by atoms with Crippen molar-refractivity contribution in [3.8, 4) is 0 Å². The number of urea groups is 1. The standard InChI is InChI=1S/C24H28N4O4/c1-14-20(15(2)32-26-14)21(29)27-10-8-18(9-11-27)24(3)22(30)28(23(31)25-24)19-12-16-6-4-5-7-17(16)13-19/h4-7,18-19H,8-13H2,1-3H3,(H,25,31)/t24-/m1/s1. The van der Waals surface area contributed by atoms with E-state index in [2.05, 4.69) is 22.6 Å². The van der Waals surface area contributed by atoms with Gasteiger partial charge in [-0.25, -0.2) is 4.79 Å². The number of likely N-dealkylation sites (tertiary alicyclic amines) is 1. The van der Waals surface area contributed by atoms with Crippen molar-refractivity contribution < 1.29 is 18.9 Å². The van der Waals surface area contributed by atoms with Crippen LogP contribution in [0.1, 0.15) is 52.7 Å². The average molecular weight is 437 g/mol. The second-order valence-electron chi connectivity index (χ2n) is 9.40. The van der Waals surface area contributed by atoms with Crippen molar-refractivity contribution >= 4 is 17.8 Å². The van der Waals surface area contributed by atoms with E-state index < -0.39 is 5.54 Å². The summed E-state index contributed by atoms with van der Waals surface area (Å²) in [5, 5.41) is 6.88. The van der Waals surface area contributed by atoms with Crippen LogP contribution in [0.5, 0.6) is 0 Å². The molecule has 1 atom stereocenters. The molecule has 8 nitrogen and oxygen atoms in total. The third-order valence-electron chi connectivity index (χ3n) is 7.49. The van der Waals surface area contributed by atoms with E-state index in [4.69, 9.17) is 4.52 Å². The Morgan fingerprint density at radius 1 is 1.12 bits per heavy atom. The van der Waals surface area contributed by atoms with Gasteiger partial charge in [0.15, 0.2) is 0 Å². The lowest BCUT2D eigenvalue weighted by Crippen LogP contribution is -2.55. The van der Waals surface area contributed by atoms with Crippen LogP contribution in [0.3, 0.4) is 0 Å². The van der Waals surface area contributed by atoms with Gasteiger partial charge in [-0.15, -0.1) is 0 Å². The normalized spacial score (nSPS) is 24.2. The largest absolute Gasteiger partial charge is 0.361 e. The maximum absolute atomic E-state index is 13.5. The smallest absolute Gasteiger partial charge is 0.325 e. The van der Waals surface area contributed by atoms with E-state index in [0.29, 0.717) is 55.8 Å². The number of aryl methyl sites for hydroxylation is 2. The predicted molar refractivity (Wildman–Crippen MR) is 116 cm³/mol. The van der Waals surface area contributed by atoms with Gasteiger partial charge in [0.2, 0.25) is 0 Å².